The lowest BCUT2D eigenvalue weighted by Gasteiger charge is -2.30. The molecule has 1 heterocycles. The molecule has 164 valence electrons. The fourth-order valence-corrected chi connectivity index (χ4v) is 4.32. The molecule has 0 aliphatic heterocycles. The second-order valence-corrected chi connectivity index (χ2v) is 8.86. The average molecular weight is 445 g/mol. The van der Waals surface area contributed by atoms with Gasteiger partial charge in [0.25, 0.3) is 0 Å². The lowest BCUT2D eigenvalue weighted by Crippen LogP contribution is -2.48. The van der Waals surface area contributed by atoms with E-state index in [-0.39, 0.29) is 12.4 Å². The van der Waals surface area contributed by atoms with E-state index in [2.05, 4.69) is 10.1 Å². The van der Waals surface area contributed by atoms with E-state index in [0.29, 0.717) is 17.3 Å². The van der Waals surface area contributed by atoms with Crippen molar-refractivity contribution >= 4 is 21.6 Å². The molecule has 0 N–H and O–H groups in total. The van der Waals surface area contributed by atoms with E-state index in [1.807, 2.05) is 30.3 Å². The van der Waals surface area contributed by atoms with E-state index in [1.54, 1.807) is 31.3 Å². The third-order valence-electron chi connectivity index (χ3n) is 4.64. The van der Waals surface area contributed by atoms with Crippen molar-refractivity contribution in [2.24, 2.45) is 0 Å². The Morgan fingerprint density at radius 1 is 1.13 bits per heavy atom. The van der Waals surface area contributed by atoms with Gasteiger partial charge in [-0.05, 0) is 31.2 Å². The van der Waals surface area contributed by atoms with Gasteiger partial charge >= 0.3 is 0 Å². The Labute approximate surface area is 181 Å². The van der Waals surface area contributed by atoms with Gasteiger partial charge in [0.15, 0.2) is 0 Å². The highest BCUT2D eigenvalue weighted by Crippen LogP contribution is 2.24. The highest BCUT2D eigenvalue weighted by Gasteiger charge is 2.31. The number of hydrogen-bond donors (Lipinski definition) is 0. The first kappa shape index (κ1) is 22.3. The number of ether oxygens (including phenoxy) is 1. The van der Waals surface area contributed by atoms with Crippen LogP contribution in [-0.4, -0.2) is 55.8 Å². The van der Waals surface area contributed by atoms with Crippen LogP contribution in [0.2, 0.25) is 0 Å². The first-order valence-corrected chi connectivity index (χ1v) is 11.3. The molecule has 0 saturated heterocycles. The van der Waals surface area contributed by atoms with E-state index >= 15 is 0 Å². The van der Waals surface area contributed by atoms with Gasteiger partial charge < -0.3 is 14.2 Å². The molecule has 1 atom stereocenters. The first-order chi connectivity index (χ1) is 14.7. The largest absolute Gasteiger partial charge is 0.497 e. The van der Waals surface area contributed by atoms with Crippen LogP contribution in [0.25, 0.3) is 11.4 Å². The summed E-state index contributed by atoms with van der Waals surface area (Å²) in [7, 11) is -0.652. The number of hydrogen-bond acceptors (Lipinski definition) is 7. The fourth-order valence-electron chi connectivity index (χ4n) is 3.16. The van der Waals surface area contributed by atoms with Gasteiger partial charge in [-0.1, -0.05) is 35.5 Å². The zero-order valence-corrected chi connectivity index (χ0v) is 18.5. The van der Waals surface area contributed by atoms with Gasteiger partial charge in [0, 0.05) is 12.6 Å². The molecule has 9 nitrogen and oxygen atoms in total. The normalized spacial score (nSPS) is 12.3. The molecule has 2 aromatic carbocycles. The Balaban J connectivity index is 1.77. The molecule has 0 radical (unpaired) electrons. The van der Waals surface area contributed by atoms with Crippen LogP contribution >= 0.6 is 0 Å². The van der Waals surface area contributed by atoms with Gasteiger partial charge in [-0.15, -0.1) is 0 Å². The number of carbonyl (C=O) groups is 1. The molecule has 1 aromatic heterocycles. The van der Waals surface area contributed by atoms with Crippen LogP contribution in [0.4, 0.5) is 5.69 Å². The number of methoxy groups -OCH3 is 1. The number of rotatable bonds is 8. The topological polar surface area (TPSA) is 106 Å². The number of nitrogens with zero attached hydrogens (tertiary/aromatic N) is 4. The highest BCUT2D eigenvalue weighted by molar-refractivity contribution is 7.92. The Bertz CT molecular complexity index is 1130. The van der Waals surface area contributed by atoms with Crippen LogP contribution in [0.15, 0.2) is 59.1 Å². The van der Waals surface area contributed by atoms with Crippen molar-refractivity contribution in [3.8, 4) is 17.1 Å². The van der Waals surface area contributed by atoms with Gasteiger partial charge in [-0.25, -0.2) is 8.42 Å². The van der Waals surface area contributed by atoms with Crippen LogP contribution in [-0.2, 0) is 21.4 Å². The maximum absolute atomic E-state index is 13.0. The van der Waals surface area contributed by atoms with Crippen molar-refractivity contribution in [1.29, 1.82) is 0 Å². The van der Waals surface area contributed by atoms with Crippen LogP contribution in [0.3, 0.4) is 0 Å². The molecular formula is C21H24N4O5S. The van der Waals surface area contributed by atoms with Gasteiger partial charge in [-0.3, -0.25) is 9.10 Å². The number of aromatic nitrogens is 2. The Kier molecular flexibility index (Phi) is 6.59. The van der Waals surface area contributed by atoms with E-state index in [1.165, 1.54) is 18.9 Å². The molecule has 0 unspecified atom stereocenters. The summed E-state index contributed by atoms with van der Waals surface area (Å²) in [5.41, 5.74) is 1.16. The maximum Gasteiger partial charge on any atom is 0.246 e. The summed E-state index contributed by atoms with van der Waals surface area (Å²) in [5, 5.41) is 3.94. The lowest BCUT2D eigenvalue weighted by molar-refractivity contribution is -0.131. The Morgan fingerprint density at radius 2 is 1.77 bits per heavy atom. The van der Waals surface area contributed by atoms with Crippen LogP contribution in [0.1, 0.15) is 12.8 Å². The summed E-state index contributed by atoms with van der Waals surface area (Å²) in [6.07, 6.45) is 1.06. The molecular weight excluding hydrogens is 420 g/mol. The summed E-state index contributed by atoms with van der Waals surface area (Å²) < 4.78 is 36.4. The lowest BCUT2D eigenvalue weighted by atomic mass is 10.2. The van der Waals surface area contributed by atoms with Crippen molar-refractivity contribution in [2.45, 2.75) is 19.5 Å². The second kappa shape index (κ2) is 9.17. The van der Waals surface area contributed by atoms with Crippen LogP contribution < -0.4 is 9.04 Å². The van der Waals surface area contributed by atoms with Crippen molar-refractivity contribution in [3.05, 3.63) is 60.5 Å². The zero-order chi connectivity index (χ0) is 22.6. The van der Waals surface area contributed by atoms with Crippen molar-refractivity contribution < 1.29 is 22.5 Å². The van der Waals surface area contributed by atoms with Crippen molar-refractivity contribution in [3.63, 3.8) is 0 Å². The molecule has 0 spiro atoms. The van der Waals surface area contributed by atoms with Gasteiger partial charge in [0.05, 0.1) is 25.6 Å². The number of amides is 1. The first-order valence-electron chi connectivity index (χ1n) is 9.47. The molecule has 0 aliphatic carbocycles. The quantitative estimate of drug-likeness (QED) is 0.526. The van der Waals surface area contributed by atoms with Gasteiger partial charge in [0.1, 0.15) is 11.8 Å². The number of likely N-dealkylation sites (N-methyl/N-ethyl adjacent to an activating group) is 1. The van der Waals surface area contributed by atoms with Gasteiger partial charge in [0.2, 0.25) is 27.6 Å². The molecule has 3 rings (SSSR count). The molecule has 0 saturated carbocycles. The zero-order valence-electron chi connectivity index (χ0n) is 17.7. The Morgan fingerprint density at radius 3 is 2.35 bits per heavy atom. The summed E-state index contributed by atoms with van der Waals surface area (Å²) in [6.45, 7) is 1.58. The maximum atomic E-state index is 13.0. The van der Waals surface area contributed by atoms with Crippen LogP contribution in [0, 0.1) is 0 Å². The fraction of sp³-hybridized carbons (Fsp3) is 0.286. The molecule has 0 aliphatic rings. The molecule has 10 heteroatoms. The summed E-state index contributed by atoms with van der Waals surface area (Å²) in [4.78, 5) is 18.7. The van der Waals surface area contributed by atoms with Gasteiger partial charge in [-0.2, -0.15) is 4.98 Å². The number of benzene rings is 2. The standard InChI is InChI=1S/C21H24N4O5S/c1-15(25(31(4,27)28)17-10-12-18(29-3)13-11-17)21(26)24(2)14-19-22-20(23-30-19)16-8-6-5-7-9-16/h5-13,15H,14H2,1-4H3/t15-/m1/s1. The number of anilines is 1. The van der Waals surface area contributed by atoms with Crippen molar-refractivity contribution in [2.75, 3.05) is 24.7 Å². The molecule has 0 bridgehead atoms. The predicted molar refractivity (Wildman–Crippen MR) is 116 cm³/mol. The second-order valence-electron chi connectivity index (χ2n) is 7.00. The molecule has 31 heavy (non-hydrogen) atoms. The SMILES string of the molecule is COc1ccc(N([C@H](C)C(=O)N(C)Cc2nc(-c3ccccc3)no2)S(C)(=O)=O)cc1. The molecule has 3 aromatic rings. The van der Waals surface area contributed by atoms with E-state index < -0.39 is 22.0 Å². The van der Waals surface area contributed by atoms with Crippen molar-refractivity contribution in [1.82, 2.24) is 15.0 Å². The summed E-state index contributed by atoms with van der Waals surface area (Å²) in [5.74, 6) is 0.831. The average Bonchev–Trinajstić information content (AvgIpc) is 3.22. The number of sulfonamides is 1. The minimum absolute atomic E-state index is 0.0449. The molecule has 0 fully saturated rings. The monoisotopic (exact) mass is 444 g/mol. The molecule has 1 amide bonds. The minimum atomic E-state index is -3.73. The predicted octanol–water partition coefficient (Wildman–Crippen LogP) is 2.56. The summed E-state index contributed by atoms with van der Waals surface area (Å²) in [6, 6.07) is 14.8. The van der Waals surface area contributed by atoms with E-state index in [0.717, 1.165) is 16.1 Å². The van der Waals surface area contributed by atoms with E-state index in [9.17, 15) is 13.2 Å². The highest BCUT2D eigenvalue weighted by atomic mass is 32.2. The van der Waals surface area contributed by atoms with Crippen LogP contribution in [0.5, 0.6) is 5.75 Å². The third-order valence-corrected chi connectivity index (χ3v) is 5.88. The number of carbonyl (C=O) groups excluding carboxylic acids is 1. The smallest absolute Gasteiger partial charge is 0.246 e. The summed E-state index contributed by atoms with van der Waals surface area (Å²) >= 11 is 0. The Hall–Kier alpha value is -3.40. The minimum Gasteiger partial charge on any atom is -0.497 e. The van der Waals surface area contributed by atoms with E-state index in [4.69, 9.17) is 9.26 Å². The third kappa shape index (κ3) is 5.21.